The standard InChI is InChI=1S/C18H21NO2/c1-14-11-12-17(21-14)19(13-15-7-3-2-4-8-15)18(20)16-9-5-6-10-16/h2-4,7-8,11-12,16H,5-6,9-10,13H2,1H3. The lowest BCUT2D eigenvalue weighted by Gasteiger charge is -2.23. The van der Waals surface area contributed by atoms with E-state index in [-0.39, 0.29) is 11.8 Å². The third kappa shape index (κ3) is 3.18. The van der Waals surface area contributed by atoms with Gasteiger partial charge in [-0.3, -0.25) is 9.69 Å². The van der Waals surface area contributed by atoms with Gasteiger partial charge in [-0.15, -0.1) is 0 Å². The Hall–Kier alpha value is -2.03. The van der Waals surface area contributed by atoms with E-state index in [0.29, 0.717) is 12.4 Å². The number of anilines is 1. The van der Waals surface area contributed by atoms with Crippen molar-refractivity contribution in [2.45, 2.75) is 39.2 Å². The van der Waals surface area contributed by atoms with Crippen LogP contribution in [0.2, 0.25) is 0 Å². The largest absolute Gasteiger partial charge is 0.445 e. The third-order valence-electron chi connectivity index (χ3n) is 4.15. The fourth-order valence-corrected chi connectivity index (χ4v) is 2.99. The van der Waals surface area contributed by atoms with Crippen LogP contribution < -0.4 is 4.90 Å². The molecule has 3 nitrogen and oxygen atoms in total. The molecule has 0 radical (unpaired) electrons. The molecule has 0 bridgehead atoms. The van der Waals surface area contributed by atoms with Crippen molar-refractivity contribution in [3.8, 4) is 0 Å². The van der Waals surface area contributed by atoms with Gasteiger partial charge in [0.15, 0.2) is 0 Å². The van der Waals surface area contributed by atoms with Crippen molar-refractivity contribution < 1.29 is 9.21 Å². The minimum absolute atomic E-state index is 0.152. The molecular formula is C18H21NO2. The number of carbonyl (C=O) groups excluding carboxylic acids is 1. The summed E-state index contributed by atoms with van der Waals surface area (Å²) in [6, 6.07) is 13.9. The van der Waals surface area contributed by atoms with Gasteiger partial charge in [0.1, 0.15) is 5.76 Å². The molecule has 0 N–H and O–H groups in total. The van der Waals surface area contributed by atoms with E-state index in [0.717, 1.165) is 37.0 Å². The molecule has 1 heterocycles. The maximum atomic E-state index is 12.8. The number of benzene rings is 1. The number of nitrogens with zero attached hydrogens (tertiary/aromatic N) is 1. The molecule has 21 heavy (non-hydrogen) atoms. The van der Waals surface area contributed by atoms with Crippen LogP contribution >= 0.6 is 0 Å². The van der Waals surface area contributed by atoms with Gasteiger partial charge >= 0.3 is 0 Å². The van der Waals surface area contributed by atoms with Gasteiger partial charge in [-0.05, 0) is 31.4 Å². The summed E-state index contributed by atoms with van der Waals surface area (Å²) in [5, 5.41) is 0. The number of carbonyl (C=O) groups is 1. The molecule has 3 rings (SSSR count). The number of amides is 1. The Labute approximate surface area is 125 Å². The van der Waals surface area contributed by atoms with Crippen LogP contribution in [0.5, 0.6) is 0 Å². The quantitative estimate of drug-likeness (QED) is 0.837. The third-order valence-corrected chi connectivity index (χ3v) is 4.15. The van der Waals surface area contributed by atoms with Gasteiger partial charge in [0.05, 0.1) is 6.54 Å². The summed E-state index contributed by atoms with van der Waals surface area (Å²) in [5.41, 5.74) is 1.12. The predicted molar refractivity (Wildman–Crippen MR) is 83.0 cm³/mol. The van der Waals surface area contributed by atoms with E-state index >= 15 is 0 Å². The molecule has 0 aliphatic heterocycles. The molecule has 1 aromatic heterocycles. The number of aryl methyl sites for hydroxylation is 1. The fourth-order valence-electron chi connectivity index (χ4n) is 2.99. The Morgan fingerprint density at radius 2 is 1.86 bits per heavy atom. The zero-order valence-corrected chi connectivity index (χ0v) is 12.4. The first-order chi connectivity index (χ1) is 10.2. The monoisotopic (exact) mass is 283 g/mol. The number of furan rings is 1. The topological polar surface area (TPSA) is 33.5 Å². The SMILES string of the molecule is Cc1ccc(N(Cc2ccccc2)C(=O)C2CCCC2)o1. The summed E-state index contributed by atoms with van der Waals surface area (Å²) in [5.74, 6) is 1.85. The molecule has 1 aromatic carbocycles. The highest BCUT2D eigenvalue weighted by Gasteiger charge is 2.29. The summed E-state index contributed by atoms with van der Waals surface area (Å²) in [6.07, 6.45) is 4.33. The lowest BCUT2D eigenvalue weighted by Crippen LogP contribution is -2.34. The molecule has 1 aliphatic carbocycles. The molecule has 0 spiro atoms. The number of hydrogen-bond acceptors (Lipinski definition) is 2. The Kier molecular flexibility index (Phi) is 4.09. The van der Waals surface area contributed by atoms with Crippen molar-refractivity contribution in [2.75, 3.05) is 4.90 Å². The normalized spacial score (nSPS) is 15.3. The Balaban J connectivity index is 1.85. The van der Waals surface area contributed by atoms with Gasteiger partial charge in [0.2, 0.25) is 11.8 Å². The zero-order chi connectivity index (χ0) is 14.7. The minimum Gasteiger partial charge on any atom is -0.445 e. The maximum absolute atomic E-state index is 12.8. The van der Waals surface area contributed by atoms with Crippen LogP contribution in [-0.2, 0) is 11.3 Å². The summed E-state index contributed by atoms with van der Waals surface area (Å²) >= 11 is 0. The average molecular weight is 283 g/mol. The second-order valence-electron chi connectivity index (χ2n) is 5.78. The Morgan fingerprint density at radius 3 is 2.48 bits per heavy atom. The van der Waals surface area contributed by atoms with Crippen molar-refractivity contribution in [3.63, 3.8) is 0 Å². The number of rotatable bonds is 4. The van der Waals surface area contributed by atoms with Crippen LogP contribution in [0.1, 0.15) is 37.0 Å². The molecule has 1 amide bonds. The summed E-state index contributed by atoms with van der Waals surface area (Å²) < 4.78 is 5.70. The van der Waals surface area contributed by atoms with Crippen molar-refractivity contribution in [1.82, 2.24) is 0 Å². The van der Waals surface area contributed by atoms with E-state index in [2.05, 4.69) is 0 Å². The van der Waals surface area contributed by atoms with E-state index in [9.17, 15) is 4.79 Å². The fraction of sp³-hybridized carbons (Fsp3) is 0.389. The van der Waals surface area contributed by atoms with Gasteiger partial charge in [-0.2, -0.15) is 0 Å². The smallest absolute Gasteiger partial charge is 0.232 e. The highest BCUT2D eigenvalue weighted by Crippen LogP contribution is 2.30. The molecule has 1 fully saturated rings. The molecule has 1 aliphatic rings. The van der Waals surface area contributed by atoms with Crippen LogP contribution in [0.3, 0.4) is 0 Å². The van der Waals surface area contributed by atoms with Crippen molar-refractivity contribution in [3.05, 3.63) is 53.8 Å². The zero-order valence-electron chi connectivity index (χ0n) is 12.4. The molecular weight excluding hydrogens is 262 g/mol. The molecule has 0 unspecified atom stereocenters. The molecule has 0 atom stereocenters. The Bertz CT molecular complexity index is 597. The van der Waals surface area contributed by atoms with Crippen LogP contribution in [-0.4, -0.2) is 5.91 Å². The highest BCUT2D eigenvalue weighted by atomic mass is 16.4. The first kappa shape index (κ1) is 13.9. The predicted octanol–water partition coefficient (Wildman–Crippen LogP) is 4.31. The van der Waals surface area contributed by atoms with Gasteiger partial charge in [-0.1, -0.05) is 43.2 Å². The van der Waals surface area contributed by atoms with Gasteiger partial charge in [0, 0.05) is 12.0 Å². The molecule has 110 valence electrons. The average Bonchev–Trinajstić information content (AvgIpc) is 3.16. The Morgan fingerprint density at radius 1 is 1.14 bits per heavy atom. The van der Waals surface area contributed by atoms with E-state index in [4.69, 9.17) is 4.42 Å². The lowest BCUT2D eigenvalue weighted by molar-refractivity contribution is -0.122. The van der Waals surface area contributed by atoms with Crippen LogP contribution in [0, 0.1) is 12.8 Å². The summed E-state index contributed by atoms with van der Waals surface area (Å²) in [4.78, 5) is 14.6. The van der Waals surface area contributed by atoms with E-state index in [1.807, 2.05) is 49.4 Å². The van der Waals surface area contributed by atoms with Crippen molar-refractivity contribution >= 4 is 11.8 Å². The van der Waals surface area contributed by atoms with Gasteiger partial charge in [0.25, 0.3) is 0 Å². The molecule has 2 aromatic rings. The van der Waals surface area contributed by atoms with Crippen LogP contribution in [0.25, 0.3) is 0 Å². The second kappa shape index (κ2) is 6.17. The maximum Gasteiger partial charge on any atom is 0.232 e. The second-order valence-corrected chi connectivity index (χ2v) is 5.78. The number of hydrogen-bond donors (Lipinski definition) is 0. The summed E-state index contributed by atoms with van der Waals surface area (Å²) in [6.45, 7) is 2.48. The molecule has 0 saturated heterocycles. The van der Waals surface area contributed by atoms with E-state index in [1.54, 1.807) is 4.90 Å². The first-order valence-corrected chi connectivity index (χ1v) is 7.66. The molecule has 1 saturated carbocycles. The molecule has 3 heteroatoms. The highest BCUT2D eigenvalue weighted by molar-refractivity contribution is 5.93. The van der Waals surface area contributed by atoms with Crippen LogP contribution in [0.15, 0.2) is 46.9 Å². The minimum atomic E-state index is 0.152. The van der Waals surface area contributed by atoms with E-state index < -0.39 is 0 Å². The van der Waals surface area contributed by atoms with Crippen LogP contribution in [0.4, 0.5) is 5.88 Å². The summed E-state index contributed by atoms with van der Waals surface area (Å²) in [7, 11) is 0. The van der Waals surface area contributed by atoms with Crippen molar-refractivity contribution in [1.29, 1.82) is 0 Å². The van der Waals surface area contributed by atoms with Gasteiger partial charge < -0.3 is 4.42 Å². The van der Waals surface area contributed by atoms with Gasteiger partial charge in [-0.25, -0.2) is 0 Å². The first-order valence-electron chi connectivity index (χ1n) is 7.66. The van der Waals surface area contributed by atoms with Crippen molar-refractivity contribution in [2.24, 2.45) is 5.92 Å². The lowest BCUT2D eigenvalue weighted by atomic mass is 10.1. The van der Waals surface area contributed by atoms with E-state index in [1.165, 1.54) is 0 Å².